The van der Waals surface area contributed by atoms with E-state index in [1.54, 1.807) is 72.8 Å². The normalized spacial score (nSPS) is 21.6. The van der Waals surface area contributed by atoms with Gasteiger partial charge < -0.3 is 41.2 Å². The first kappa shape index (κ1) is 44.4. The molecule has 3 aromatic carbocycles. The number of nitrogens with two attached hydrogens (primary N) is 1. The summed E-state index contributed by atoms with van der Waals surface area (Å²) >= 11 is 0. The molecule has 6 atom stereocenters. The molecule has 3 heterocycles. The molecule has 0 saturated carbocycles. The highest BCUT2D eigenvalue weighted by Crippen LogP contribution is 2.26. The topological polar surface area (TPSA) is 255 Å². The number of likely N-dealkylation sites (tertiary alicyclic amines) is 3. The van der Waals surface area contributed by atoms with Crippen LogP contribution in [0.5, 0.6) is 0 Å². The van der Waals surface area contributed by atoms with Gasteiger partial charge in [-0.2, -0.15) is 0 Å². The van der Waals surface area contributed by atoms with Gasteiger partial charge in [-0.15, -0.1) is 0 Å². The number of nitrogens with one attached hydrogen (secondary N) is 5. The molecule has 6 rings (SSSR count). The fourth-order valence-electron chi connectivity index (χ4n) is 7.72. The number of nitrogens with zero attached hydrogens (tertiary/aromatic N) is 3. The van der Waals surface area contributed by atoms with Gasteiger partial charge in [0.05, 0.1) is 5.84 Å². The van der Waals surface area contributed by atoms with Gasteiger partial charge in [-0.1, -0.05) is 91.0 Å². The van der Waals surface area contributed by atoms with Gasteiger partial charge in [0, 0.05) is 50.7 Å². The summed E-state index contributed by atoms with van der Waals surface area (Å²) in [6, 6.07) is 21.7. The van der Waals surface area contributed by atoms with Gasteiger partial charge in [-0.25, -0.2) is 14.4 Å². The van der Waals surface area contributed by atoms with Crippen LogP contribution in [0, 0.1) is 5.41 Å². The van der Waals surface area contributed by atoms with Gasteiger partial charge in [0.2, 0.25) is 24.1 Å². The molecule has 19 nitrogen and oxygen atoms in total. The van der Waals surface area contributed by atoms with Crippen LogP contribution in [-0.4, -0.2) is 125 Å². The van der Waals surface area contributed by atoms with Crippen molar-refractivity contribution in [3.8, 4) is 0 Å². The Hall–Kier alpha value is -7.18. The number of amides is 7. The Morgan fingerprint density at radius 1 is 0.581 bits per heavy atom. The van der Waals surface area contributed by atoms with E-state index in [9.17, 15) is 33.6 Å². The van der Waals surface area contributed by atoms with E-state index in [1.165, 1.54) is 14.7 Å². The van der Waals surface area contributed by atoms with Crippen molar-refractivity contribution < 1.29 is 47.8 Å². The van der Waals surface area contributed by atoms with Crippen LogP contribution in [0.15, 0.2) is 91.0 Å². The van der Waals surface area contributed by atoms with Crippen LogP contribution >= 0.6 is 0 Å². The fraction of sp³-hybridized carbons (Fsp3) is 0.395. The first-order valence-corrected chi connectivity index (χ1v) is 20.3. The van der Waals surface area contributed by atoms with Crippen molar-refractivity contribution in [1.29, 1.82) is 5.41 Å². The number of rotatable bonds is 16. The fourth-order valence-corrected chi connectivity index (χ4v) is 7.72. The van der Waals surface area contributed by atoms with E-state index < -0.39 is 72.3 Å². The lowest BCUT2D eigenvalue weighted by Crippen LogP contribution is -2.50. The average Bonchev–Trinajstić information content (AvgIpc) is 4.03. The Bertz CT molecular complexity index is 2060. The van der Waals surface area contributed by atoms with E-state index in [-0.39, 0.29) is 77.5 Å². The van der Waals surface area contributed by atoms with Crippen LogP contribution < -0.4 is 27.0 Å². The standard InChI is InChI=1S/C43H51N9O10/c44-37(45)16-17-46-38(54)34-19-32(22-51(34)42(58)61-25-29-12-6-2-7-13-29)48-40(56)36-20-33(23-52(36)43(59)62-26-30-14-8-3-9-15-30)49-39(55)35-18-31(47-27-53)21-50(35)41(57)60-24-28-10-4-1-5-11-28/h1-15,27,31-36H,16-26H2,(H3,44,45)(H,46,54)(H,47,53)(H,48,56)(H,49,55)/t31-,32-,33-,34+,35+,36+/m1/s1. The summed E-state index contributed by atoms with van der Waals surface area (Å²) < 4.78 is 16.7. The predicted octanol–water partition coefficient (Wildman–Crippen LogP) is 1.75. The van der Waals surface area contributed by atoms with Crippen molar-refractivity contribution in [3.63, 3.8) is 0 Å². The Labute approximate surface area is 358 Å². The predicted molar refractivity (Wildman–Crippen MR) is 222 cm³/mol. The Kier molecular flexibility index (Phi) is 15.3. The molecule has 0 spiro atoms. The molecular weight excluding hydrogens is 803 g/mol. The molecule has 7 N–H and O–H groups in total. The second-order valence-corrected chi connectivity index (χ2v) is 15.3. The monoisotopic (exact) mass is 853 g/mol. The molecule has 19 heteroatoms. The van der Waals surface area contributed by atoms with Crippen LogP contribution in [-0.2, 0) is 53.2 Å². The number of carbonyl (C=O) groups excluding carboxylic acids is 7. The maximum Gasteiger partial charge on any atom is 0.410 e. The summed E-state index contributed by atoms with van der Waals surface area (Å²) in [6.07, 6.45) is -1.67. The van der Waals surface area contributed by atoms with E-state index in [0.717, 1.165) is 11.1 Å². The number of benzene rings is 3. The van der Waals surface area contributed by atoms with Gasteiger partial charge in [0.15, 0.2) is 0 Å². The summed E-state index contributed by atoms with van der Waals surface area (Å²) in [5.41, 5.74) is 7.65. The third-order valence-corrected chi connectivity index (χ3v) is 10.8. The summed E-state index contributed by atoms with van der Waals surface area (Å²) in [7, 11) is 0. The quantitative estimate of drug-likeness (QED) is 0.0524. The number of hydrogen-bond donors (Lipinski definition) is 6. The largest absolute Gasteiger partial charge is 0.445 e. The van der Waals surface area contributed by atoms with Gasteiger partial charge in [-0.05, 0) is 36.0 Å². The van der Waals surface area contributed by atoms with Gasteiger partial charge in [-0.3, -0.25) is 39.3 Å². The summed E-state index contributed by atoms with van der Waals surface area (Å²) in [6.45, 7) is -0.307. The van der Waals surface area contributed by atoms with Crippen LogP contribution in [0.4, 0.5) is 14.4 Å². The Balaban J connectivity index is 1.14. The molecule has 0 bridgehead atoms. The number of hydrogen-bond acceptors (Lipinski definition) is 11. The number of carbonyl (C=O) groups is 7. The zero-order valence-corrected chi connectivity index (χ0v) is 34.0. The molecule has 0 aromatic heterocycles. The third-order valence-electron chi connectivity index (χ3n) is 10.8. The maximum atomic E-state index is 14.2. The molecule has 3 saturated heterocycles. The molecule has 62 heavy (non-hydrogen) atoms. The van der Waals surface area contributed by atoms with Crippen LogP contribution in [0.3, 0.4) is 0 Å². The minimum atomic E-state index is -1.15. The highest BCUT2D eigenvalue weighted by atomic mass is 16.6. The summed E-state index contributed by atoms with van der Waals surface area (Å²) in [5, 5.41) is 18.6. The molecule has 7 amide bonds. The van der Waals surface area contributed by atoms with Gasteiger partial charge in [0.1, 0.15) is 37.9 Å². The Morgan fingerprint density at radius 3 is 1.31 bits per heavy atom. The number of ether oxygens (including phenoxy) is 3. The van der Waals surface area contributed by atoms with Crippen molar-refractivity contribution in [1.82, 2.24) is 36.0 Å². The minimum Gasteiger partial charge on any atom is -0.445 e. The first-order valence-electron chi connectivity index (χ1n) is 20.3. The molecule has 0 unspecified atom stereocenters. The second-order valence-electron chi connectivity index (χ2n) is 15.3. The highest BCUT2D eigenvalue weighted by molar-refractivity contribution is 5.90. The van der Waals surface area contributed by atoms with Crippen LogP contribution in [0.2, 0.25) is 0 Å². The SMILES string of the molecule is N=C(N)CCNC(=O)[C@@H]1C[C@@H](NC(=O)[C@@H]2C[C@@H](NC(=O)[C@@H]3C[C@@H](NC=O)CN3C(=O)OCc3ccccc3)CN2C(=O)OCc2ccccc2)CN1C(=O)OCc1ccccc1. The van der Waals surface area contributed by atoms with Crippen molar-refractivity contribution in [2.24, 2.45) is 5.73 Å². The molecule has 3 aliphatic heterocycles. The second kappa shape index (κ2) is 21.4. The first-order chi connectivity index (χ1) is 30.0. The van der Waals surface area contributed by atoms with Crippen LogP contribution in [0.25, 0.3) is 0 Å². The number of amidine groups is 1. The van der Waals surface area contributed by atoms with Crippen molar-refractivity contribution >= 4 is 48.2 Å². The van der Waals surface area contributed by atoms with Gasteiger partial charge >= 0.3 is 18.3 Å². The van der Waals surface area contributed by atoms with E-state index in [2.05, 4.69) is 21.3 Å². The Morgan fingerprint density at radius 2 is 0.935 bits per heavy atom. The molecular formula is C43H51N9O10. The zero-order valence-electron chi connectivity index (χ0n) is 34.0. The van der Waals surface area contributed by atoms with E-state index >= 15 is 0 Å². The lowest BCUT2D eigenvalue weighted by molar-refractivity contribution is -0.127. The third kappa shape index (κ3) is 12.0. The van der Waals surface area contributed by atoms with Gasteiger partial charge in [0.25, 0.3) is 0 Å². The maximum absolute atomic E-state index is 14.2. The lowest BCUT2D eigenvalue weighted by atomic mass is 10.1. The van der Waals surface area contributed by atoms with Crippen molar-refractivity contribution in [2.75, 3.05) is 26.2 Å². The molecule has 328 valence electrons. The minimum absolute atomic E-state index is 0.0112. The molecule has 0 aliphatic carbocycles. The van der Waals surface area contributed by atoms with Crippen LogP contribution in [0.1, 0.15) is 42.4 Å². The highest BCUT2D eigenvalue weighted by Gasteiger charge is 2.47. The smallest absolute Gasteiger partial charge is 0.410 e. The summed E-state index contributed by atoms with van der Waals surface area (Å²) in [5.74, 6) is -1.83. The van der Waals surface area contributed by atoms with E-state index in [1.807, 2.05) is 18.2 Å². The zero-order chi connectivity index (χ0) is 44.0. The molecule has 3 aromatic rings. The summed E-state index contributed by atoms with van der Waals surface area (Å²) in [4.78, 5) is 96.8. The molecule has 3 aliphatic rings. The van der Waals surface area contributed by atoms with E-state index in [4.69, 9.17) is 25.4 Å². The molecule has 0 radical (unpaired) electrons. The van der Waals surface area contributed by atoms with Crippen molar-refractivity contribution in [3.05, 3.63) is 108 Å². The lowest BCUT2D eigenvalue weighted by Gasteiger charge is -2.25. The molecule has 3 fully saturated rings. The van der Waals surface area contributed by atoms with E-state index in [0.29, 0.717) is 12.0 Å². The average molecular weight is 854 g/mol. The van der Waals surface area contributed by atoms with Crippen molar-refractivity contribution in [2.45, 2.75) is 81.8 Å².